The van der Waals surface area contributed by atoms with E-state index in [0.29, 0.717) is 11.3 Å². The molecule has 0 spiro atoms. The van der Waals surface area contributed by atoms with Crippen molar-refractivity contribution >= 4 is 16.8 Å². The van der Waals surface area contributed by atoms with Crippen molar-refractivity contribution in [2.24, 2.45) is 5.41 Å². The van der Waals surface area contributed by atoms with Gasteiger partial charge in [-0.1, -0.05) is 40.3 Å². The van der Waals surface area contributed by atoms with E-state index >= 15 is 0 Å². The first-order valence-electron chi connectivity index (χ1n) is 11.1. The van der Waals surface area contributed by atoms with Crippen molar-refractivity contribution in [2.45, 2.75) is 47.3 Å². The van der Waals surface area contributed by atoms with Gasteiger partial charge in [0, 0.05) is 10.8 Å². The second-order valence-electron chi connectivity index (χ2n) is 9.36. The van der Waals surface area contributed by atoms with Crippen LogP contribution in [0.25, 0.3) is 16.6 Å². The molecule has 0 radical (unpaired) electrons. The van der Waals surface area contributed by atoms with Crippen molar-refractivity contribution < 1.29 is 18.3 Å². The number of aromatic nitrogens is 2. The molecule has 0 bridgehead atoms. The summed E-state index contributed by atoms with van der Waals surface area (Å²) >= 11 is 0. The second kappa shape index (κ2) is 10.3. The van der Waals surface area contributed by atoms with Gasteiger partial charge in [-0.2, -0.15) is 5.10 Å². The Balaban J connectivity index is 0.00000342. The molecular weight excluding hydrogens is 448 g/mol. The van der Waals surface area contributed by atoms with Crippen molar-refractivity contribution in [3.05, 3.63) is 90.1 Å². The van der Waals surface area contributed by atoms with Gasteiger partial charge in [-0.05, 0) is 67.1 Å². The number of nitrogens with zero attached hydrogens (tertiary/aromatic N) is 2. The topological polar surface area (TPSA) is 56.1 Å². The van der Waals surface area contributed by atoms with E-state index in [0.717, 1.165) is 16.6 Å². The average molecular weight is 480 g/mol. The highest BCUT2D eigenvalue weighted by atomic mass is 19.1. The molecule has 0 aliphatic heterocycles. The highest BCUT2D eigenvalue weighted by Crippen LogP contribution is 2.30. The molecule has 184 valence electrons. The fourth-order valence-electron chi connectivity index (χ4n) is 3.66. The number of hydrogen-bond acceptors (Lipinski definition) is 3. The van der Waals surface area contributed by atoms with Gasteiger partial charge < -0.3 is 10.1 Å². The maximum Gasteiger partial charge on any atom is 0.225 e. The van der Waals surface area contributed by atoms with E-state index in [1.807, 2.05) is 39.8 Å². The van der Waals surface area contributed by atoms with Crippen LogP contribution in [0.3, 0.4) is 0 Å². The van der Waals surface area contributed by atoms with Crippen LogP contribution in [-0.4, -0.2) is 21.7 Å². The van der Waals surface area contributed by atoms with E-state index < -0.39 is 17.6 Å². The Morgan fingerprint density at radius 3 is 2.37 bits per heavy atom. The standard InChI is InChI=1S/C27H27F2N3O2.CH4/c1-17(31-26(33)27(2,3)4)25(18-6-5-7-21(29)14-18)34-23-12-13-24-19(15-23)16-30-32(24)22-10-8-20(28)9-11-22;/h5-17,25H,1-4H3,(H,31,33);1H4/t17-,25-;/m0./s1. The summed E-state index contributed by atoms with van der Waals surface area (Å²) in [6.07, 6.45) is 1.08. The number of halogens is 2. The molecule has 4 rings (SSSR count). The lowest BCUT2D eigenvalue weighted by atomic mass is 9.94. The number of fused-ring (bicyclic) bond motifs is 1. The molecule has 1 heterocycles. The monoisotopic (exact) mass is 479 g/mol. The van der Waals surface area contributed by atoms with Gasteiger partial charge in [-0.15, -0.1) is 0 Å². The minimum atomic E-state index is -0.619. The van der Waals surface area contributed by atoms with Crippen molar-refractivity contribution in [1.29, 1.82) is 0 Å². The van der Waals surface area contributed by atoms with Gasteiger partial charge in [-0.25, -0.2) is 13.5 Å². The summed E-state index contributed by atoms with van der Waals surface area (Å²) in [4.78, 5) is 12.6. The molecule has 35 heavy (non-hydrogen) atoms. The molecule has 1 N–H and O–H groups in total. The van der Waals surface area contributed by atoms with E-state index in [9.17, 15) is 13.6 Å². The predicted molar refractivity (Wildman–Crippen MR) is 135 cm³/mol. The van der Waals surface area contributed by atoms with Crippen LogP contribution in [0.5, 0.6) is 5.75 Å². The third-order valence-electron chi connectivity index (χ3n) is 5.55. The lowest BCUT2D eigenvalue weighted by Crippen LogP contribution is -2.44. The summed E-state index contributed by atoms with van der Waals surface area (Å²) in [6, 6.07) is 17.3. The number of carbonyl (C=O) groups excluding carboxylic acids is 1. The van der Waals surface area contributed by atoms with Gasteiger partial charge in [0.05, 0.1) is 23.4 Å². The molecule has 0 unspecified atom stereocenters. The van der Waals surface area contributed by atoms with Gasteiger partial charge >= 0.3 is 0 Å². The molecule has 4 aromatic rings. The van der Waals surface area contributed by atoms with Gasteiger partial charge in [0.2, 0.25) is 5.91 Å². The number of carbonyl (C=O) groups is 1. The van der Waals surface area contributed by atoms with E-state index in [2.05, 4.69) is 10.4 Å². The molecule has 2 atom stereocenters. The van der Waals surface area contributed by atoms with Crippen molar-refractivity contribution in [1.82, 2.24) is 15.1 Å². The van der Waals surface area contributed by atoms with Crippen molar-refractivity contribution in [2.75, 3.05) is 0 Å². The summed E-state index contributed by atoms with van der Waals surface area (Å²) in [6.45, 7) is 7.34. The molecule has 0 aliphatic carbocycles. The zero-order valence-corrected chi connectivity index (χ0v) is 19.5. The van der Waals surface area contributed by atoms with Crippen LogP contribution in [0.15, 0.2) is 72.9 Å². The summed E-state index contributed by atoms with van der Waals surface area (Å²) in [5, 5.41) is 8.24. The Kier molecular flexibility index (Phi) is 7.58. The largest absolute Gasteiger partial charge is 0.484 e. The van der Waals surface area contributed by atoms with Gasteiger partial charge in [0.1, 0.15) is 23.5 Å². The molecule has 0 aliphatic rings. The number of hydrogen-bond donors (Lipinski definition) is 1. The van der Waals surface area contributed by atoms with E-state index in [4.69, 9.17) is 4.74 Å². The zero-order valence-electron chi connectivity index (χ0n) is 19.5. The van der Waals surface area contributed by atoms with Crippen LogP contribution in [0.2, 0.25) is 0 Å². The molecule has 7 heteroatoms. The Hall–Kier alpha value is -3.74. The number of benzene rings is 3. The van der Waals surface area contributed by atoms with E-state index in [-0.39, 0.29) is 25.0 Å². The Morgan fingerprint density at radius 2 is 1.71 bits per heavy atom. The minimum absolute atomic E-state index is 0. The first kappa shape index (κ1) is 25.9. The SMILES string of the molecule is C.C[C@H](NC(=O)C(C)(C)C)[C@H](Oc1ccc2c(cnn2-c2ccc(F)cc2)c1)c1cccc(F)c1. The van der Waals surface area contributed by atoms with Crippen molar-refractivity contribution in [3.63, 3.8) is 0 Å². The molecule has 0 saturated carbocycles. The van der Waals surface area contributed by atoms with Gasteiger partial charge in [0.25, 0.3) is 0 Å². The smallest absolute Gasteiger partial charge is 0.225 e. The van der Waals surface area contributed by atoms with Crippen LogP contribution in [0.4, 0.5) is 8.78 Å². The summed E-state index contributed by atoms with van der Waals surface area (Å²) in [7, 11) is 0. The third-order valence-corrected chi connectivity index (χ3v) is 5.55. The highest BCUT2D eigenvalue weighted by Gasteiger charge is 2.28. The fourth-order valence-corrected chi connectivity index (χ4v) is 3.66. The molecule has 1 aromatic heterocycles. The number of nitrogens with one attached hydrogen (secondary N) is 1. The Morgan fingerprint density at radius 1 is 1.00 bits per heavy atom. The zero-order chi connectivity index (χ0) is 24.5. The third kappa shape index (κ3) is 5.85. The molecule has 3 aromatic carbocycles. The fraction of sp³-hybridized carbons (Fsp3) is 0.286. The minimum Gasteiger partial charge on any atom is -0.484 e. The maximum atomic E-state index is 14.0. The van der Waals surface area contributed by atoms with Gasteiger partial charge in [0.15, 0.2) is 0 Å². The van der Waals surface area contributed by atoms with Crippen LogP contribution in [0.1, 0.15) is 46.8 Å². The average Bonchev–Trinajstić information content (AvgIpc) is 3.20. The molecule has 1 amide bonds. The Bertz CT molecular complexity index is 1310. The molecule has 0 saturated heterocycles. The van der Waals surface area contributed by atoms with E-state index in [1.54, 1.807) is 41.2 Å². The summed E-state index contributed by atoms with van der Waals surface area (Å²) in [5.41, 5.74) is 1.61. The van der Waals surface area contributed by atoms with E-state index in [1.165, 1.54) is 24.3 Å². The number of amides is 1. The Labute approximate surface area is 204 Å². The first-order valence-corrected chi connectivity index (χ1v) is 11.1. The predicted octanol–water partition coefficient (Wildman–Crippen LogP) is 6.61. The summed E-state index contributed by atoms with van der Waals surface area (Å²) in [5.74, 6) is -0.262. The quantitative estimate of drug-likeness (QED) is 0.339. The number of ether oxygens (including phenoxy) is 1. The lowest BCUT2D eigenvalue weighted by molar-refractivity contribution is -0.129. The van der Waals surface area contributed by atoms with Crippen LogP contribution in [0, 0.1) is 17.0 Å². The normalized spacial score (nSPS) is 13.1. The van der Waals surface area contributed by atoms with Gasteiger partial charge in [-0.3, -0.25) is 4.79 Å². The molecular formula is C28H31F2N3O2. The highest BCUT2D eigenvalue weighted by molar-refractivity contribution is 5.82. The molecule has 5 nitrogen and oxygen atoms in total. The molecule has 0 fully saturated rings. The first-order chi connectivity index (χ1) is 16.1. The van der Waals surface area contributed by atoms with Crippen molar-refractivity contribution in [3.8, 4) is 11.4 Å². The number of rotatable bonds is 6. The second-order valence-corrected chi connectivity index (χ2v) is 9.36. The van der Waals surface area contributed by atoms with Crippen LogP contribution >= 0.6 is 0 Å². The maximum absolute atomic E-state index is 14.0. The lowest BCUT2D eigenvalue weighted by Gasteiger charge is -2.29. The van der Waals surface area contributed by atoms with Crippen LogP contribution in [-0.2, 0) is 4.79 Å². The van der Waals surface area contributed by atoms with Crippen LogP contribution < -0.4 is 10.1 Å². The summed E-state index contributed by atoms with van der Waals surface area (Å²) < 4.78 is 35.3.